The lowest BCUT2D eigenvalue weighted by Gasteiger charge is -2.28. The van der Waals surface area contributed by atoms with Gasteiger partial charge in [-0.2, -0.15) is 0 Å². The van der Waals surface area contributed by atoms with Gasteiger partial charge in [0.2, 0.25) is 11.8 Å². The first kappa shape index (κ1) is 18.7. The van der Waals surface area contributed by atoms with Gasteiger partial charge in [-0.15, -0.1) is 12.4 Å². The van der Waals surface area contributed by atoms with E-state index in [9.17, 15) is 9.59 Å². The van der Waals surface area contributed by atoms with Crippen LogP contribution in [0.2, 0.25) is 0 Å². The van der Waals surface area contributed by atoms with Crippen molar-refractivity contribution >= 4 is 29.9 Å². The van der Waals surface area contributed by atoms with Crippen LogP contribution in [0.25, 0.3) is 0 Å². The highest BCUT2D eigenvalue weighted by Gasteiger charge is 2.34. The van der Waals surface area contributed by atoms with E-state index in [-0.39, 0.29) is 24.2 Å². The van der Waals surface area contributed by atoms with Gasteiger partial charge >= 0.3 is 0 Å². The molecule has 24 heavy (non-hydrogen) atoms. The van der Waals surface area contributed by atoms with Crippen LogP contribution in [0.15, 0.2) is 24.3 Å². The second kappa shape index (κ2) is 8.49. The van der Waals surface area contributed by atoms with E-state index in [0.29, 0.717) is 31.0 Å². The van der Waals surface area contributed by atoms with E-state index < -0.39 is 0 Å². The van der Waals surface area contributed by atoms with Gasteiger partial charge in [-0.05, 0) is 49.3 Å². The van der Waals surface area contributed by atoms with Gasteiger partial charge in [0.05, 0.1) is 0 Å². The first-order valence-electron chi connectivity index (χ1n) is 8.48. The van der Waals surface area contributed by atoms with Crippen molar-refractivity contribution in [1.82, 2.24) is 10.6 Å². The van der Waals surface area contributed by atoms with E-state index in [4.69, 9.17) is 0 Å². The fourth-order valence-corrected chi connectivity index (χ4v) is 3.84. The monoisotopic (exact) mass is 351 g/mol. The van der Waals surface area contributed by atoms with Crippen molar-refractivity contribution in [1.29, 1.82) is 0 Å². The number of amides is 2. The van der Waals surface area contributed by atoms with Crippen LogP contribution in [0.4, 0.5) is 5.69 Å². The molecule has 3 N–H and O–H groups in total. The summed E-state index contributed by atoms with van der Waals surface area (Å²) in [6.07, 6.45) is 5.40. The highest BCUT2D eigenvalue weighted by Crippen LogP contribution is 2.32. The minimum atomic E-state index is -0.0910. The number of carbonyl (C=O) groups excluding carboxylic acids is 2. The number of hydrogen-bond acceptors (Lipinski definition) is 3. The van der Waals surface area contributed by atoms with E-state index in [1.165, 1.54) is 19.8 Å². The molecule has 0 radical (unpaired) electrons. The lowest BCUT2D eigenvalue weighted by molar-refractivity contribution is -0.122. The molecule has 2 unspecified atom stereocenters. The van der Waals surface area contributed by atoms with E-state index in [0.717, 1.165) is 24.1 Å². The van der Waals surface area contributed by atoms with Crippen LogP contribution in [0, 0.1) is 5.92 Å². The fourth-order valence-electron chi connectivity index (χ4n) is 3.84. The Hall–Kier alpha value is -1.59. The van der Waals surface area contributed by atoms with Gasteiger partial charge in [0.25, 0.3) is 0 Å². The Bertz CT molecular complexity index is 581. The predicted molar refractivity (Wildman–Crippen MR) is 97.1 cm³/mol. The molecule has 2 heterocycles. The molecule has 0 aromatic heterocycles. The van der Waals surface area contributed by atoms with Crippen molar-refractivity contribution < 1.29 is 9.59 Å². The normalized spacial score (nSPS) is 24.8. The molecule has 5 nitrogen and oxygen atoms in total. The number of fused-ring (bicyclic) bond motifs is 2. The second-order valence-electron chi connectivity index (χ2n) is 6.84. The molecule has 3 rings (SSSR count). The molecule has 2 bridgehead atoms. The highest BCUT2D eigenvalue weighted by atomic mass is 35.5. The van der Waals surface area contributed by atoms with Gasteiger partial charge in [0, 0.05) is 37.7 Å². The SMILES string of the molecule is CC(=O)Nc1cccc(CNC(=O)CC2CC3CCC(C2)N3)c1.Cl. The molecule has 1 aromatic rings. The molecule has 2 aliphatic rings. The number of benzene rings is 1. The van der Waals surface area contributed by atoms with Crippen molar-refractivity contribution in [2.45, 2.75) is 57.7 Å². The molecule has 2 atom stereocenters. The van der Waals surface area contributed by atoms with Crippen LogP contribution in [-0.4, -0.2) is 23.9 Å². The third-order valence-corrected chi connectivity index (χ3v) is 4.78. The van der Waals surface area contributed by atoms with E-state index in [2.05, 4.69) is 16.0 Å². The van der Waals surface area contributed by atoms with Crippen LogP contribution in [0.5, 0.6) is 0 Å². The third-order valence-electron chi connectivity index (χ3n) is 4.78. The summed E-state index contributed by atoms with van der Waals surface area (Å²) < 4.78 is 0. The maximum Gasteiger partial charge on any atom is 0.221 e. The topological polar surface area (TPSA) is 70.2 Å². The van der Waals surface area contributed by atoms with Gasteiger partial charge in [0.1, 0.15) is 0 Å². The van der Waals surface area contributed by atoms with Gasteiger partial charge in [-0.3, -0.25) is 9.59 Å². The number of rotatable bonds is 5. The largest absolute Gasteiger partial charge is 0.352 e. The van der Waals surface area contributed by atoms with Crippen molar-refractivity contribution in [3.05, 3.63) is 29.8 Å². The lowest BCUT2D eigenvalue weighted by atomic mass is 9.89. The number of halogens is 1. The average molecular weight is 352 g/mol. The molecule has 1 aromatic carbocycles. The quantitative estimate of drug-likeness (QED) is 0.763. The molecule has 2 amide bonds. The van der Waals surface area contributed by atoms with Crippen LogP contribution in [-0.2, 0) is 16.1 Å². The van der Waals surface area contributed by atoms with Gasteiger partial charge in [-0.25, -0.2) is 0 Å². The fraction of sp³-hybridized carbons (Fsp3) is 0.556. The maximum atomic E-state index is 12.2. The van der Waals surface area contributed by atoms with Crippen molar-refractivity contribution in [3.63, 3.8) is 0 Å². The minimum absolute atomic E-state index is 0. The summed E-state index contributed by atoms with van der Waals surface area (Å²) in [4.78, 5) is 23.3. The van der Waals surface area contributed by atoms with Crippen LogP contribution < -0.4 is 16.0 Å². The van der Waals surface area contributed by atoms with Crippen LogP contribution in [0.3, 0.4) is 0 Å². The third kappa shape index (κ3) is 5.21. The Morgan fingerprint density at radius 2 is 1.92 bits per heavy atom. The average Bonchev–Trinajstić information content (AvgIpc) is 2.84. The Labute approximate surface area is 149 Å². The summed E-state index contributed by atoms with van der Waals surface area (Å²) >= 11 is 0. The maximum absolute atomic E-state index is 12.2. The molecule has 2 fully saturated rings. The Balaban J connectivity index is 0.00000208. The molecule has 132 valence electrons. The van der Waals surface area contributed by atoms with Gasteiger partial charge in [-0.1, -0.05) is 12.1 Å². The number of nitrogens with one attached hydrogen (secondary N) is 3. The summed E-state index contributed by atoms with van der Waals surface area (Å²) in [5.41, 5.74) is 1.76. The zero-order valence-electron chi connectivity index (χ0n) is 14.0. The zero-order chi connectivity index (χ0) is 16.2. The second-order valence-corrected chi connectivity index (χ2v) is 6.84. The van der Waals surface area contributed by atoms with Crippen molar-refractivity contribution in [2.24, 2.45) is 5.92 Å². The van der Waals surface area contributed by atoms with Gasteiger partial charge < -0.3 is 16.0 Å². The molecule has 0 saturated carbocycles. The Morgan fingerprint density at radius 3 is 2.58 bits per heavy atom. The lowest BCUT2D eigenvalue weighted by Crippen LogP contribution is -2.39. The first-order valence-corrected chi connectivity index (χ1v) is 8.48. The van der Waals surface area contributed by atoms with Crippen molar-refractivity contribution in [3.8, 4) is 0 Å². The van der Waals surface area contributed by atoms with E-state index >= 15 is 0 Å². The summed E-state index contributed by atoms with van der Waals surface area (Å²) in [6, 6.07) is 8.83. The predicted octanol–water partition coefficient (Wildman–Crippen LogP) is 2.60. The smallest absolute Gasteiger partial charge is 0.221 e. The molecule has 0 aliphatic carbocycles. The van der Waals surface area contributed by atoms with Gasteiger partial charge in [0.15, 0.2) is 0 Å². The first-order chi connectivity index (χ1) is 11.1. The van der Waals surface area contributed by atoms with Crippen LogP contribution in [0.1, 0.15) is 44.6 Å². The number of anilines is 1. The molecule has 0 spiro atoms. The Morgan fingerprint density at radius 1 is 1.21 bits per heavy atom. The Kier molecular flexibility index (Phi) is 6.63. The number of piperidine rings is 1. The number of hydrogen-bond donors (Lipinski definition) is 3. The zero-order valence-corrected chi connectivity index (χ0v) is 14.8. The standard InChI is InChI=1S/C18H25N3O2.ClH/c1-12(22)20-15-4-2-3-13(7-15)11-19-18(23)10-14-8-16-5-6-17(9-14)21-16;/h2-4,7,14,16-17,21H,5-6,8-11H2,1H3,(H,19,23)(H,20,22);1H. The molecule has 6 heteroatoms. The summed E-state index contributed by atoms with van der Waals surface area (Å²) in [6.45, 7) is 1.99. The molecular formula is C18H26ClN3O2. The number of carbonyl (C=O) groups is 2. The minimum Gasteiger partial charge on any atom is -0.352 e. The molecule has 2 saturated heterocycles. The summed E-state index contributed by atoms with van der Waals surface area (Å²) in [7, 11) is 0. The molecule has 2 aliphatic heterocycles. The summed E-state index contributed by atoms with van der Waals surface area (Å²) in [5.74, 6) is 0.549. The molecular weight excluding hydrogens is 326 g/mol. The summed E-state index contributed by atoms with van der Waals surface area (Å²) in [5, 5.41) is 9.37. The van der Waals surface area contributed by atoms with Crippen molar-refractivity contribution in [2.75, 3.05) is 5.32 Å². The van der Waals surface area contributed by atoms with E-state index in [1.807, 2.05) is 24.3 Å². The van der Waals surface area contributed by atoms with E-state index in [1.54, 1.807) is 0 Å². The van der Waals surface area contributed by atoms with Crippen LogP contribution >= 0.6 is 12.4 Å². The highest BCUT2D eigenvalue weighted by molar-refractivity contribution is 5.88.